The Hall–Kier alpha value is -0.860. The minimum absolute atomic E-state index is 0.833. The van der Waals surface area contributed by atoms with Gasteiger partial charge in [-0.05, 0) is 86.9 Å². The van der Waals surface area contributed by atoms with Gasteiger partial charge >= 0.3 is 0 Å². The highest BCUT2D eigenvalue weighted by molar-refractivity contribution is 5.13. The summed E-state index contributed by atoms with van der Waals surface area (Å²) in [5, 5.41) is 0. The van der Waals surface area contributed by atoms with Gasteiger partial charge in [-0.1, -0.05) is 245 Å². The van der Waals surface area contributed by atoms with E-state index in [2.05, 4.69) is 140 Å². The van der Waals surface area contributed by atoms with Crippen LogP contribution in [0.1, 0.15) is 246 Å². The van der Waals surface area contributed by atoms with Crippen LogP contribution in [-0.2, 0) is 11.2 Å². The highest BCUT2D eigenvalue weighted by atomic mass is 16.5. The Labute approximate surface area is 353 Å². The van der Waals surface area contributed by atoms with Crippen LogP contribution in [0, 0.1) is 29.6 Å². The zero-order chi connectivity index (χ0) is 43.5. The molecule has 0 atom stereocenters. The highest BCUT2D eigenvalue weighted by Crippen LogP contribution is 2.31. The Morgan fingerprint density at radius 1 is 0.600 bits per heavy atom. The SMILES string of the molecule is CC.CC(C)C.CC1CC1.CCC.CCC(C)C.CCC1CC1.CCC1CCC1.CCCC.CCCN1CCCCC1.CCCOC.CCc1ccccc1. The smallest absolute Gasteiger partial charge is 0.0459 e. The third-order valence-electron chi connectivity index (χ3n) is 8.91. The Kier molecular flexibility index (Phi) is 71.8. The van der Waals surface area contributed by atoms with Gasteiger partial charge in [0, 0.05) is 13.7 Å². The first-order valence-corrected chi connectivity index (χ1v) is 24.6. The second-order valence-corrected chi connectivity index (χ2v) is 16.7. The van der Waals surface area contributed by atoms with Gasteiger partial charge in [-0.3, -0.25) is 0 Å². The maximum Gasteiger partial charge on any atom is 0.0459 e. The van der Waals surface area contributed by atoms with Crippen molar-refractivity contribution >= 4 is 0 Å². The molecule has 0 spiro atoms. The average Bonchev–Trinajstić information content (AvgIpc) is 4.13. The molecule has 3 saturated carbocycles. The number of unbranched alkanes of at least 4 members (excludes halogenated alkanes) is 1. The van der Waals surface area contributed by atoms with Crippen molar-refractivity contribution in [2.45, 2.75) is 247 Å². The quantitative estimate of drug-likeness (QED) is 0.247. The Bertz CT molecular complexity index is 669. The highest BCUT2D eigenvalue weighted by Gasteiger charge is 2.17. The third-order valence-corrected chi connectivity index (χ3v) is 8.91. The molecule has 0 N–H and O–H groups in total. The van der Waals surface area contributed by atoms with Gasteiger partial charge in [-0.15, -0.1) is 0 Å². The Balaban J connectivity index is -0.000000123. The van der Waals surface area contributed by atoms with Crippen molar-refractivity contribution in [1.82, 2.24) is 4.90 Å². The topological polar surface area (TPSA) is 12.5 Å². The van der Waals surface area contributed by atoms with Gasteiger partial charge in [0.05, 0.1) is 0 Å². The molecule has 1 heterocycles. The van der Waals surface area contributed by atoms with Crippen molar-refractivity contribution < 1.29 is 4.74 Å². The summed E-state index contributed by atoms with van der Waals surface area (Å²) in [6, 6.07) is 10.5. The average molecular weight is 780 g/mol. The van der Waals surface area contributed by atoms with Crippen LogP contribution in [0.4, 0.5) is 0 Å². The van der Waals surface area contributed by atoms with E-state index in [4.69, 9.17) is 4.74 Å². The van der Waals surface area contributed by atoms with E-state index in [1.54, 1.807) is 7.11 Å². The van der Waals surface area contributed by atoms with Gasteiger partial charge in [0.1, 0.15) is 0 Å². The summed E-state index contributed by atoms with van der Waals surface area (Å²) in [6.07, 6.45) is 26.4. The first-order chi connectivity index (χ1) is 26.4. The third kappa shape index (κ3) is 82.1. The maximum absolute atomic E-state index is 4.69. The van der Waals surface area contributed by atoms with Crippen LogP contribution in [0.2, 0.25) is 0 Å². The molecule has 2 nitrogen and oxygen atoms in total. The lowest BCUT2D eigenvalue weighted by Crippen LogP contribution is -2.30. The molecular formula is C53H113NO. The molecule has 1 aromatic rings. The summed E-state index contributed by atoms with van der Waals surface area (Å²) in [6.45, 7) is 44.0. The van der Waals surface area contributed by atoms with Crippen LogP contribution in [0.25, 0.3) is 0 Å². The minimum Gasteiger partial charge on any atom is -0.385 e. The molecule has 0 amide bonds. The second-order valence-electron chi connectivity index (χ2n) is 16.7. The molecule has 0 aromatic heterocycles. The zero-order valence-electron chi connectivity index (χ0n) is 42.4. The van der Waals surface area contributed by atoms with E-state index in [9.17, 15) is 0 Å². The molecule has 0 bridgehead atoms. The molecule has 4 fully saturated rings. The molecular weight excluding hydrogens is 667 g/mol. The fourth-order valence-electron chi connectivity index (χ4n) is 4.01. The van der Waals surface area contributed by atoms with Gasteiger partial charge in [0.2, 0.25) is 0 Å². The van der Waals surface area contributed by atoms with Crippen molar-refractivity contribution in [3.8, 4) is 0 Å². The van der Waals surface area contributed by atoms with Crippen LogP contribution < -0.4 is 0 Å². The van der Waals surface area contributed by atoms with Crippen molar-refractivity contribution in [2.24, 2.45) is 29.6 Å². The van der Waals surface area contributed by atoms with E-state index in [-0.39, 0.29) is 0 Å². The number of aryl methyl sites for hydroxylation is 1. The van der Waals surface area contributed by atoms with E-state index < -0.39 is 0 Å². The molecule has 336 valence electrons. The van der Waals surface area contributed by atoms with Crippen LogP contribution in [-0.4, -0.2) is 38.3 Å². The summed E-state index contributed by atoms with van der Waals surface area (Å²) in [4.78, 5) is 2.57. The standard InChI is InChI=1S/C8H17N.C8H10.C6H12.C5H10.C5H12.C4H10O.C4H8.2C4H10.C3H8.C2H6/c1-2-6-9-7-4-3-5-8-9;1-2-8-6-4-3-5-7-8;1-2-6-4-3-5-6;1-2-5-3-4-5;1-4-5(2)3;1-3-4-5-2;1-4-2-3-4;1-4(2)3;1-3-4-2;1-3-2;1-2/h2-8H2,1H3;3-7H,2H2,1H3;6H,2-5H2,1H3;5H,2-4H2,1H3;5H,4H2,1-3H3;3-4H2,1-2H3;4H,2-3H2,1H3;4H,1-3H3;3-4H2,1-2H3;3H2,1-2H3;1-2H3. The largest absolute Gasteiger partial charge is 0.385 e. The van der Waals surface area contributed by atoms with Crippen molar-refractivity contribution in [3.63, 3.8) is 0 Å². The van der Waals surface area contributed by atoms with Gasteiger partial charge in [-0.25, -0.2) is 0 Å². The fourth-order valence-corrected chi connectivity index (χ4v) is 4.01. The minimum atomic E-state index is 0.833. The molecule has 1 aromatic carbocycles. The molecule has 2 heteroatoms. The van der Waals surface area contributed by atoms with Crippen LogP contribution >= 0.6 is 0 Å². The molecule has 55 heavy (non-hydrogen) atoms. The van der Waals surface area contributed by atoms with E-state index in [1.165, 1.54) is 134 Å². The second kappa shape index (κ2) is 59.8. The fraction of sp³-hybridized carbons (Fsp3) is 0.887. The van der Waals surface area contributed by atoms with Crippen LogP contribution in [0.3, 0.4) is 0 Å². The predicted molar refractivity (Wildman–Crippen MR) is 261 cm³/mol. The maximum atomic E-state index is 4.69. The number of hydrogen-bond donors (Lipinski definition) is 0. The lowest BCUT2D eigenvalue weighted by molar-refractivity contribution is 0.199. The van der Waals surface area contributed by atoms with Crippen LogP contribution in [0.5, 0.6) is 0 Å². The van der Waals surface area contributed by atoms with Crippen LogP contribution in [0.15, 0.2) is 30.3 Å². The van der Waals surface area contributed by atoms with Gasteiger partial charge in [0.25, 0.3) is 0 Å². The summed E-state index contributed by atoms with van der Waals surface area (Å²) < 4.78 is 4.69. The number of benzene rings is 1. The number of ether oxygens (including phenoxy) is 1. The lowest BCUT2D eigenvalue weighted by atomic mass is 9.84. The van der Waals surface area contributed by atoms with Crippen molar-refractivity contribution in [1.29, 1.82) is 0 Å². The summed E-state index contributed by atoms with van der Waals surface area (Å²) in [5.41, 5.74) is 1.41. The van der Waals surface area contributed by atoms with E-state index in [0.29, 0.717) is 0 Å². The Morgan fingerprint density at radius 2 is 1.00 bits per heavy atom. The predicted octanol–water partition coefficient (Wildman–Crippen LogP) is 18.6. The molecule has 5 rings (SSSR count). The first-order valence-electron chi connectivity index (χ1n) is 24.6. The molecule has 4 aliphatic rings. The molecule has 1 aliphatic heterocycles. The van der Waals surface area contributed by atoms with Crippen molar-refractivity contribution in [3.05, 3.63) is 35.9 Å². The van der Waals surface area contributed by atoms with E-state index >= 15 is 0 Å². The van der Waals surface area contributed by atoms with E-state index in [1.807, 2.05) is 19.9 Å². The summed E-state index contributed by atoms with van der Waals surface area (Å²) >= 11 is 0. The molecule has 1 saturated heterocycles. The summed E-state index contributed by atoms with van der Waals surface area (Å²) in [5.74, 6) is 5.05. The number of likely N-dealkylation sites (tertiary alicyclic amines) is 1. The van der Waals surface area contributed by atoms with E-state index in [0.717, 1.165) is 49.0 Å². The molecule has 3 aliphatic carbocycles. The monoisotopic (exact) mass is 780 g/mol. The normalized spacial score (nSPS) is 14.9. The van der Waals surface area contributed by atoms with Gasteiger partial charge in [-0.2, -0.15) is 0 Å². The first kappa shape index (κ1) is 66.0. The molecule has 0 radical (unpaired) electrons. The van der Waals surface area contributed by atoms with Crippen molar-refractivity contribution in [2.75, 3.05) is 33.4 Å². The lowest BCUT2D eigenvalue weighted by Gasteiger charge is -2.25. The molecule has 0 unspecified atom stereocenters. The van der Waals surface area contributed by atoms with Gasteiger partial charge in [0.15, 0.2) is 0 Å². The zero-order valence-corrected chi connectivity index (χ0v) is 42.4. The number of nitrogens with zero attached hydrogens (tertiary/aromatic N) is 1. The Morgan fingerprint density at radius 3 is 1.15 bits per heavy atom. The number of rotatable bonds is 9. The number of piperidine rings is 1. The number of hydrogen-bond acceptors (Lipinski definition) is 2. The number of methoxy groups -OCH3 is 1. The summed E-state index contributed by atoms with van der Waals surface area (Å²) in [7, 11) is 1.71. The van der Waals surface area contributed by atoms with Gasteiger partial charge < -0.3 is 9.64 Å².